The van der Waals surface area contributed by atoms with E-state index in [0.29, 0.717) is 23.3 Å². The summed E-state index contributed by atoms with van der Waals surface area (Å²) in [6.45, 7) is 0. The van der Waals surface area contributed by atoms with Crippen molar-refractivity contribution >= 4 is 17.8 Å². The number of ether oxygens (including phenoxy) is 1. The molecule has 0 spiro atoms. The van der Waals surface area contributed by atoms with Gasteiger partial charge in [-0.15, -0.1) is 0 Å². The third-order valence-electron chi connectivity index (χ3n) is 4.03. The molecule has 0 atom stereocenters. The van der Waals surface area contributed by atoms with Gasteiger partial charge in [0.05, 0.1) is 16.7 Å². The van der Waals surface area contributed by atoms with Gasteiger partial charge in [-0.3, -0.25) is 14.9 Å². The maximum absolute atomic E-state index is 12.9. The van der Waals surface area contributed by atoms with Crippen LogP contribution in [0.25, 0.3) is 0 Å². The number of nitrogens with one attached hydrogen (secondary N) is 1. The first-order valence-electron chi connectivity index (χ1n) is 8.76. The van der Waals surface area contributed by atoms with Crippen LogP contribution in [0.15, 0.2) is 77.9 Å². The zero-order chi connectivity index (χ0) is 22.4. The molecule has 158 valence electrons. The van der Waals surface area contributed by atoms with Crippen molar-refractivity contribution in [3.05, 3.63) is 99.6 Å². The molecule has 10 heteroatoms. The maximum atomic E-state index is 12.9. The summed E-state index contributed by atoms with van der Waals surface area (Å²) in [6.07, 6.45) is -3.48. The Morgan fingerprint density at radius 2 is 1.68 bits per heavy atom. The number of carbonyl (C=O) groups is 1. The Labute approximate surface area is 173 Å². The standard InChI is InChI=1S/C21H14F3N3O4/c22-21(23,24)16-10-11-19(17(12-16)27(29)30)31-18-9-5-4-8-15(18)13-25-26-20(28)14-6-2-1-3-7-14/h1-13H,(H,26,28)/b25-13+. The summed E-state index contributed by atoms with van der Waals surface area (Å²) in [5.74, 6) is -0.719. The van der Waals surface area contributed by atoms with Crippen LogP contribution in [0.4, 0.5) is 18.9 Å². The normalized spacial score (nSPS) is 11.3. The predicted octanol–water partition coefficient (Wildman–Crippen LogP) is 5.17. The second kappa shape index (κ2) is 9.08. The van der Waals surface area contributed by atoms with Crippen LogP contribution in [-0.2, 0) is 6.18 Å². The van der Waals surface area contributed by atoms with Gasteiger partial charge in [-0.25, -0.2) is 5.43 Å². The smallest absolute Gasteiger partial charge is 0.416 e. The van der Waals surface area contributed by atoms with Crippen LogP contribution in [0.5, 0.6) is 11.5 Å². The number of alkyl halides is 3. The molecule has 0 fully saturated rings. The summed E-state index contributed by atoms with van der Waals surface area (Å²) >= 11 is 0. The molecule has 0 bridgehead atoms. The van der Waals surface area contributed by atoms with Crippen LogP contribution in [0.3, 0.4) is 0 Å². The van der Waals surface area contributed by atoms with Gasteiger partial charge in [0.1, 0.15) is 5.75 Å². The third-order valence-corrected chi connectivity index (χ3v) is 4.03. The molecule has 31 heavy (non-hydrogen) atoms. The zero-order valence-corrected chi connectivity index (χ0v) is 15.7. The van der Waals surface area contributed by atoms with Crippen molar-refractivity contribution in [1.29, 1.82) is 0 Å². The van der Waals surface area contributed by atoms with E-state index in [-0.39, 0.29) is 11.5 Å². The molecule has 3 aromatic carbocycles. The zero-order valence-electron chi connectivity index (χ0n) is 15.7. The first kappa shape index (κ1) is 21.5. The molecule has 0 radical (unpaired) electrons. The fraction of sp³-hybridized carbons (Fsp3) is 0.0476. The number of hydrogen-bond donors (Lipinski definition) is 1. The number of hydrogen-bond acceptors (Lipinski definition) is 5. The van der Waals surface area contributed by atoms with Gasteiger partial charge < -0.3 is 4.74 Å². The number of para-hydroxylation sites is 1. The maximum Gasteiger partial charge on any atom is 0.416 e. The highest BCUT2D eigenvalue weighted by atomic mass is 19.4. The second-order valence-electron chi connectivity index (χ2n) is 6.14. The van der Waals surface area contributed by atoms with Crippen molar-refractivity contribution in [3.8, 4) is 11.5 Å². The lowest BCUT2D eigenvalue weighted by atomic mass is 10.1. The molecular formula is C21H14F3N3O4. The summed E-state index contributed by atoms with van der Waals surface area (Å²) in [4.78, 5) is 22.3. The molecule has 0 saturated carbocycles. The lowest BCUT2D eigenvalue weighted by Gasteiger charge is -2.11. The predicted molar refractivity (Wildman–Crippen MR) is 106 cm³/mol. The number of benzene rings is 3. The van der Waals surface area contributed by atoms with Gasteiger partial charge in [0.2, 0.25) is 5.75 Å². The quantitative estimate of drug-likeness (QED) is 0.332. The van der Waals surface area contributed by atoms with Crippen LogP contribution < -0.4 is 10.2 Å². The van der Waals surface area contributed by atoms with E-state index in [9.17, 15) is 28.1 Å². The van der Waals surface area contributed by atoms with E-state index in [1.165, 1.54) is 12.3 Å². The van der Waals surface area contributed by atoms with Crippen molar-refractivity contribution in [2.24, 2.45) is 5.10 Å². The molecule has 0 aliphatic rings. The SMILES string of the molecule is O=C(N/N=C/c1ccccc1Oc1ccc(C(F)(F)F)cc1[N+](=O)[O-])c1ccccc1. The summed E-state index contributed by atoms with van der Waals surface area (Å²) in [7, 11) is 0. The second-order valence-corrected chi connectivity index (χ2v) is 6.14. The van der Waals surface area contributed by atoms with E-state index in [4.69, 9.17) is 4.74 Å². The van der Waals surface area contributed by atoms with Gasteiger partial charge in [0.25, 0.3) is 5.91 Å². The number of amides is 1. The molecule has 3 rings (SSSR count). The molecule has 3 aromatic rings. The van der Waals surface area contributed by atoms with Crippen LogP contribution >= 0.6 is 0 Å². The third kappa shape index (κ3) is 5.44. The highest BCUT2D eigenvalue weighted by Gasteiger charge is 2.33. The minimum Gasteiger partial charge on any atom is -0.449 e. The first-order valence-corrected chi connectivity index (χ1v) is 8.76. The van der Waals surface area contributed by atoms with Gasteiger partial charge >= 0.3 is 11.9 Å². The van der Waals surface area contributed by atoms with Crippen molar-refractivity contribution < 1.29 is 27.6 Å². The summed E-state index contributed by atoms with van der Waals surface area (Å²) < 4.78 is 44.1. The molecule has 1 amide bonds. The van der Waals surface area contributed by atoms with Gasteiger partial charge in [-0.2, -0.15) is 18.3 Å². The minimum atomic E-state index is -4.73. The Kier molecular flexibility index (Phi) is 6.29. The van der Waals surface area contributed by atoms with E-state index in [0.717, 1.165) is 6.07 Å². The van der Waals surface area contributed by atoms with Crippen LogP contribution in [0, 0.1) is 10.1 Å². The lowest BCUT2D eigenvalue weighted by molar-refractivity contribution is -0.385. The Balaban J connectivity index is 1.82. The number of nitro groups is 1. The summed E-state index contributed by atoms with van der Waals surface area (Å²) in [5, 5.41) is 15.1. The summed E-state index contributed by atoms with van der Waals surface area (Å²) in [5.41, 5.74) is 1.07. The highest BCUT2D eigenvalue weighted by molar-refractivity contribution is 5.95. The van der Waals surface area contributed by atoms with Gasteiger partial charge in [0.15, 0.2) is 0 Å². The van der Waals surface area contributed by atoms with E-state index >= 15 is 0 Å². The largest absolute Gasteiger partial charge is 0.449 e. The topological polar surface area (TPSA) is 93.8 Å². The Morgan fingerprint density at radius 1 is 1.00 bits per heavy atom. The number of nitro benzene ring substituents is 1. The van der Waals surface area contributed by atoms with Crippen LogP contribution in [-0.4, -0.2) is 17.0 Å². The molecule has 1 N–H and O–H groups in total. The molecular weight excluding hydrogens is 415 g/mol. The number of halogens is 3. The van der Waals surface area contributed by atoms with Gasteiger partial charge in [-0.05, 0) is 36.4 Å². The van der Waals surface area contributed by atoms with E-state index in [1.807, 2.05) is 0 Å². The van der Waals surface area contributed by atoms with E-state index in [1.54, 1.807) is 48.5 Å². The fourth-order valence-corrected chi connectivity index (χ4v) is 2.54. The number of rotatable bonds is 6. The molecule has 0 aliphatic carbocycles. The van der Waals surface area contributed by atoms with E-state index < -0.39 is 28.3 Å². The van der Waals surface area contributed by atoms with Crippen molar-refractivity contribution in [1.82, 2.24) is 5.43 Å². The van der Waals surface area contributed by atoms with Crippen LogP contribution in [0.1, 0.15) is 21.5 Å². The number of carbonyl (C=O) groups excluding carboxylic acids is 1. The lowest BCUT2D eigenvalue weighted by Crippen LogP contribution is -2.17. The average molecular weight is 429 g/mol. The van der Waals surface area contributed by atoms with Gasteiger partial charge in [-0.1, -0.05) is 30.3 Å². The first-order chi connectivity index (χ1) is 14.8. The summed E-state index contributed by atoms with van der Waals surface area (Å²) in [6, 6.07) is 16.6. The Morgan fingerprint density at radius 3 is 2.35 bits per heavy atom. The monoisotopic (exact) mass is 429 g/mol. The van der Waals surface area contributed by atoms with Gasteiger partial charge in [0, 0.05) is 17.2 Å². The molecule has 0 saturated heterocycles. The molecule has 0 unspecified atom stereocenters. The molecule has 0 heterocycles. The molecule has 0 aromatic heterocycles. The van der Waals surface area contributed by atoms with Crippen molar-refractivity contribution in [2.45, 2.75) is 6.18 Å². The number of nitrogens with zero attached hydrogens (tertiary/aromatic N) is 2. The fourth-order valence-electron chi connectivity index (χ4n) is 2.54. The van der Waals surface area contributed by atoms with Crippen molar-refractivity contribution in [3.63, 3.8) is 0 Å². The number of hydrazone groups is 1. The minimum absolute atomic E-state index is 0.100. The van der Waals surface area contributed by atoms with Crippen LogP contribution in [0.2, 0.25) is 0 Å². The molecule has 0 aliphatic heterocycles. The Hall–Kier alpha value is -4.21. The van der Waals surface area contributed by atoms with E-state index in [2.05, 4.69) is 10.5 Å². The van der Waals surface area contributed by atoms with Crippen molar-refractivity contribution in [2.75, 3.05) is 0 Å². The highest BCUT2D eigenvalue weighted by Crippen LogP contribution is 2.38. The Bertz CT molecular complexity index is 1130. The average Bonchev–Trinajstić information content (AvgIpc) is 2.74. The molecule has 7 nitrogen and oxygen atoms in total.